The van der Waals surface area contributed by atoms with Gasteiger partial charge in [0.25, 0.3) is 0 Å². The Labute approximate surface area is 127 Å². The Hall–Kier alpha value is -1.61. The first kappa shape index (κ1) is 14.8. The molecular weight excluding hydrogens is 316 g/mol. The molecule has 104 valence electrons. The van der Waals surface area contributed by atoms with Gasteiger partial charge in [-0.15, -0.1) is 0 Å². The summed E-state index contributed by atoms with van der Waals surface area (Å²) in [6.45, 7) is 4.00. The number of ketones is 1. The second kappa shape index (κ2) is 6.23. The molecule has 0 radical (unpaired) electrons. The lowest BCUT2D eigenvalue weighted by atomic mass is 9.98. The molecule has 0 bridgehead atoms. The van der Waals surface area contributed by atoms with Crippen LogP contribution >= 0.6 is 15.9 Å². The summed E-state index contributed by atoms with van der Waals surface area (Å²) in [7, 11) is 1.62. The van der Waals surface area contributed by atoms with Gasteiger partial charge in [0.2, 0.25) is 0 Å². The number of Topliss-reactive ketones (excluding diaryl/α,β-unsaturated/α-hetero) is 1. The zero-order chi connectivity index (χ0) is 14.7. The molecule has 0 aliphatic heterocycles. The molecule has 0 amide bonds. The molecule has 2 aromatic carbocycles. The summed E-state index contributed by atoms with van der Waals surface area (Å²) in [5.41, 5.74) is 3.91. The fourth-order valence-corrected chi connectivity index (χ4v) is 2.60. The maximum atomic E-state index is 12.4. The number of hydrogen-bond acceptors (Lipinski definition) is 2. The molecule has 0 N–H and O–H groups in total. The zero-order valence-electron chi connectivity index (χ0n) is 11.9. The summed E-state index contributed by atoms with van der Waals surface area (Å²) in [6.07, 6.45) is 0.363. The van der Waals surface area contributed by atoms with E-state index >= 15 is 0 Å². The highest BCUT2D eigenvalue weighted by Gasteiger charge is 2.12. The van der Waals surface area contributed by atoms with Crippen molar-refractivity contribution in [3.63, 3.8) is 0 Å². The summed E-state index contributed by atoms with van der Waals surface area (Å²) in [5.74, 6) is 0.882. The normalized spacial score (nSPS) is 10.4. The van der Waals surface area contributed by atoms with Crippen LogP contribution in [0, 0.1) is 13.8 Å². The van der Waals surface area contributed by atoms with Crippen molar-refractivity contribution in [1.82, 2.24) is 0 Å². The number of ether oxygens (including phenoxy) is 1. The maximum absolute atomic E-state index is 12.4. The Kier molecular flexibility index (Phi) is 4.61. The molecule has 0 saturated heterocycles. The number of aryl methyl sites for hydroxylation is 2. The molecular formula is C17H17BrO2. The van der Waals surface area contributed by atoms with E-state index in [-0.39, 0.29) is 5.78 Å². The third-order valence-electron chi connectivity index (χ3n) is 3.29. The third kappa shape index (κ3) is 3.28. The predicted octanol–water partition coefficient (Wildman–Crippen LogP) is 4.50. The Balaban J connectivity index is 2.27. The molecule has 0 aromatic heterocycles. The number of rotatable bonds is 4. The smallest absolute Gasteiger partial charge is 0.167 e. The van der Waals surface area contributed by atoms with Gasteiger partial charge in [-0.1, -0.05) is 39.7 Å². The van der Waals surface area contributed by atoms with Gasteiger partial charge >= 0.3 is 0 Å². The maximum Gasteiger partial charge on any atom is 0.167 e. The van der Waals surface area contributed by atoms with E-state index in [0.717, 1.165) is 26.9 Å². The van der Waals surface area contributed by atoms with E-state index in [2.05, 4.69) is 15.9 Å². The minimum atomic E-state index is 0.122. The van der Waals surface area contributed by atoms with E-state index in [0.29, 0.717) is 6.42 Å². The van der Waals surface area contributed by atoms with Crippen LogP contribution in [0.1, 0.15) is 27.0 Å². The molecule has 0 aliphatic rings. The van der Waals surface area contributed by atoms with Crippen LogP contribution in [0.5, 0.6) is 5.75 Å². The van der Waals surface area contributed by atoms with Crippen molar-refractivity contribution >= 4 is 21.7 Å². The summed E-state index contributed by atoms with van der Waals surface area (Å²) < 4.78 is 6.13. The molecule has 2 rings (SSSR count). The molecule has 2 aromatic rings. The summed E-state index contributed by atoms with van der Waals surface area (Å²) >= 11 is 3.48. The summed E-state index contributed by atoms with van der Waals surface area (Å²) in [4.78, 5) is 12.4. The van der Waals surface area contributed by atoms with Crippen LogP contribution < -0.4 is 4.74 Å². The van der Waals surface area contributed by atoms with Crippen molar-refractivity contribution in [1.29, 1.82) is 0 Å². The number of hydrogen-bond donors (Lipinski definition) is 0. The molecule has 0 unspecified atom stereocenters. The quantitative estimate of drug-likeness (QED) is 0.770. The zero-order valence-corrected chi connectivity index (χ0v) is 13.5. The van der Waals surface area contributed by atoms with E-state index in [1.165, 1.54) is 5.56 Å². The minimum absolute atomic E-state index is 0.122. The highest BCUT2D eigenvalue weighted by atomic mass is 79.9. The largest absolute Gasteiger partial charge is 0.497 e. The van der Waals surface area contributed by atoms with Crippen LogP contribution in [0.2, 0.25) is 0 Å². The van der Waals surface area contributed by atoms with Crippen LogP contribution in [-0.2, 0) is 6.42 Å². The van der Waals surface area contributed by atoms with Gasteiger partial charge in [-0.3, -0.25) is 4.79 Å². The van der Waals surface area contributed by atoms with E-state index in [1.807, 2.05) is 50.2 Å². The van der Waals surface area contributed by atoms with Gasteiger partial charge < -0.3 is 4.74 Å². The van der Waals surface area contributed by atoms with Crippen LogP contribution in [0.3, 0.4) is 0 Å². The number of benzene rings is 2. The summed E-state index contributed by atoms with van der Waals surface area (Å²) in [6, 6.07) is 11.6. The SMILES string of the molecule is COc1ccc(Br)c(CC(=O)c2ccc(C)cc2C)c1. The second-order valence-electron chi connectivity index (χ2n) is 4.88. The van der Waals surface area contributed by atoms with Gasteiger partial charge in [0, 0.05) is 16.5 Å². The van der Waals surface area contributed by atoms with Crippen molar-refractivity contribution in [2.45, 2.75) is 20.3 Å². The van der Waals surface area contributed by atoms with Gasteiger partial charge in [-0.05, 0) is 43.2 Å². The fourth-order valence-electron chi connectivity index (χ4n) is 2.21. The van der Waals surface area contributed by atoms with Crippen molar-refractivity contribution in [3.8, 4) is 5.75 Å². The monoisotopic (exact) mass is 332 g/mol. The lowest BCUT2D eigenvalue weighted by Crippen LogP contribution is -2.06. The highest BCUT2D eigenvalue weighted by molar-refractivity contribution is 9.10. The fraction of sp³-hybridized carbons (Fsp3) is 0.235. The van der Waals surface area contributed by atoms with Crippen LogP contribution in [0.15, 0.2) is 40.9 Å². The standard InChI is InChI=1S/C17H17BrO2/c1-11-4-6-15(12(2)8-11)17(19)10-13-9-14(20-3)5-7-16(13)18/h4-9H,10H2,1-3H3. The lowest BCUT2D eigenvalue weighted by molar-refractivity contribution is 0.0992. The predicted molar refractivity (Wildman–Crippen MR) is 84.6 cm³/mol. The number of halogens is 1. The molecule has 3 heteroatoms. The van der Waals surface area contributed by atoms with E-state index in [1.54, 1.807) is 7.11 Å². The molecule has 0 heterocycles. The molecule has 0 spiro atoms. The summed E-state index contributed by atoms with van der Waals surface area (Å²) in [5, 5.41) is 0. The Morgan fingerprint density at radius 2 is 1.90 bits per heavy atom. The first-order chi connectivity index (χ1) is 9.51. The topological polar surface area (TPSA) is 26.3 Å². The molecule has 0 saturated carbocycles. The van der Waals surface area contributed by atoms with Crippen molar-refractivity contribution in [3.05, 3.63) is 63.1 Å². The van der Waals surface area contributed by atoms with Crippen molar-refractivity contribution < 1.29 is 9.53 Å². The molecule has 20 heavy (non-hydrogen) atoms. The highest BCUT2D eigenvalue weighted by Crippen LogP contribution is 2.24. The molecule has 2 nitrogen and oxygen atoms in total. The van der Waals surface area contributed by atoms with E-state index in [4.69, 9.17) is 4.74 Å². The first-order valence-electron chi connectivity index (χ1n) is 6.44. The number of methoxy groups -OCH3 is 1. The van der Waals surface area contributed by atoms with Gasteiger partial charge in [0.15, 0.2) is 5.78 Å². The van der Waals surface area contributed by atoms with Gasteiger partial charge in [-0.2, -0.15) is 0 Å². The Morgan fingerprint density at radius 3 is 2.55 bits per heavy atom. The molecule has 0 aliphatic carbocycles. The Bertz CT molecular complexity index is 647. The lowest BCUT2D eigenvalue weighted by Gasteiger charge is -2.09. The third-order valence-corrected chi connectivity index (χ3v) is 4.06. The number of carbonyl (C=O) groups is 1. The van der Waals surface area contributed by atoms with Gasteiger partial charge in [0.1, 0.15) is 5.75 Å². The second-order valence-corrected chi connectivity index (χ2v) is 5.73. The average molecular weight is 333 g/mol. The molecule has 0 fully saturated rings. The van der Waals surface area contributed by atoms with Gasteiger partial charge in [-0.25, -0.2) is 0 Å². The van der Waals surface area contributed by atoms with E-state index < -0.39 is 0 Å². The Morgan fingerprint density at radius 1 is 1.15 bits per heavy atom. The van der Waals surface area contributed by atoms with Crippen LogP contribution in [0.4, 0.5) is 0 Å². The molecule has 0 atom stereocenters. The number of carbonyl (C=O) groups excluding carboxylic acids is 1. The average Bonchev–Trinajstić information content (AvgIpc) is 2.41. The van der Waals surface area contributed by atoms with Gasteiger partial charge in [0.05, 0.1) is 7.11 Å². The van der Waals surface area contributed by atoms with Crippen LogP contribution in [-0.4, -0.2) is 12.9 Å². The van der Waals surface area contributed by atoms with Crippen molar-refractivity contribution in [2.24, 2.45) is 0 Å². The van der Waals surface area contributed by atoms with E-state index in [9.17, 15) is 4.79 Å². The van der Waals surface area contributed by atoms with Crippen LogP contribution in [0.25, 0.3) is 0 Å². The minimum Gasteiger partial charge on any atom is -0.497 e. The first-order valence-corrected chi connectivity index (χ1v) is 7.23. The van der Waals surface area contributed by atoms with Crippen molar-refractivity contribution in [2.75, 3.05) is 7.11 Å².